The molecule has 134 valence electrons. The zero-order chi connectivity index (χ0) is 18.4. The summed E-state index contributed by atoms with van der Waals surface area (Å²) in [5.41, 5.74) is 2.49. The zero-order valence-corrected chi connectivity index (χ0v) is 15.8. The van der Waals surface area contributed by atoms with Crippen LogP contribution in [0.3, 0.4) is 0 Å². The molecule has 1 heterocycles. The van der Waals surface area contributed by atoms with Crippen LogP contribution in [0.5, 0.6) is 0 Å². The van der Waals surface area contributed by atoms with Crippen molar-refractivity contribution in [2.24, 2.45) is 0 Å². The average Bonchev–Trinajstić information content (AvgIpc) is 3.17. The number of hydrogen-bond acceptors (Lipinski definition) is 3. The molecule has 3 rings (SSSR count). The Morgan fingerprint density at radius 3 is 2.77 bits per heavy atom. The second kappa shape index (κ2) is 9.00. The van der Waals surface area contributed by atoms with E-state index >= 15 is 0 Å². The molecule has 2 aromatic rings. The number of ether oxygens (including phenoxy) is 1. The fourth-order valence-electron chi connectivity index (χ4n) is 3.00. The van der Waals surface area contributed by atoms with Crippen molar-refractivity contribution in [1.82, 2.24) is 5.32 Å². The largest absolute Gasteiger partial charge is 0.376 e. The molecule has 0 radical (unpaired) electrons. The molecule has 0 aromatic heterocycles. The molecule has 2 N–H and O–H groups in total. The van der Waals surface area contributed by atoms with Crippen molar-refractivity contribution < 1.29 is 4.74 Å². The van der Waals surface area contributed by atoms with Crippen LogP contribution in [0.4, 0.5) is 5.69 Å². The van der Waals surface area contributed by atoms with E-state index in [1.54, 1.807) is 6.07 Å². The van der Waals surface area contributed by atoms with Crippen LogP contribution in [0.25, 0.3) is 0 Å². The highest BCUT2D eigenvalue weighted by Gasteiger charge is 2.17. The number of hydrogen-bond donors (Lipinski definition) is 2. The van der Waals surface area contributed by atoms with E-state index in [4.69, 9.17) is 28.6 Å². The Bertz CT molecular complexity index is 800. The van der Waals surface area contributed by atoms with Crippen molar-refractivity contribution in [3.8, 4) is 6.07 Å². The maximum Gasteiger partial charge on any atom is 0.170 e. The molecule has 0 unspecified atom stereocenters. The van der Waals surface area contributed by atoms with Crippen LogP contribution in [0.15, 0.2) is 48.5 Å². The topological polar surface area (TPSA) is 57.1 Å². The highest BCUT2D eigenvalue weighted by atomic mass is 35.5. The Morgan fingerprint density at radius 2 is 2.12 bits per heavy atom. The molecule has 2 atom stereocenters. The number of benzene rings is 2. The molecular formula is C20H20ClN3OS. The summed E-state index contributed by atoms with van der Waals surface area (Å²) < 4.78 is 5.57. The van der Waals surface area contributed by atoms with Crippen LogP contribution < -0.4 is 10.6 Å². The van der Waals surface area contributed by atoms with Gasteiger partial charge >= 0.3 is 0 Å². The Hall–Kier alpha value is -2.13. The highest BCUT2D eigenvalue weighted by molar-refractivity contribution is 7.80. The van der Waals surface area contributed by atoms with Crippen molar-refractivity contribution in [3.63, 3.8) is 0 Å². The van der Waals surface area contributed by atoms with Crippen molar-refractivity contribution in [2.45, 2.75) is 24.9 Å². The summed E-state index contributed by atoms with van der Waals surface area (Å²) in [5.74, 6) is -0.401. The minimum atomic E-state index is -0.401. The molecule has 0 spiro atoms. The molecule has 1 aliphatic rings. The lowest BCUT2D eigenvalue weighted by molar-refractivity contribution is 0.114. The summed E-state index contributed by atoms with van der Waals surface area (Å²) in [7, 11) is 0. The lowest BCUT2D eigenvalue weighted by Gasteiger charge is -2.16. The lowest BCUT2D eigenvalue weighted by atomic mass is 9.92. The quantitative estimate of drug-likeness (QED) is 0.744. The number of halogens is 1. The molecule has 0 amide bonds. The lowest BCUT2D eigenvalue weighted by Crippen LogP contribution is -2.34. The minimum Gasteiger partial charge on any atom is -0.376 e. The Morgan fingerprint density at radius 1 is 1.31 bits per heavy atom. The van der Waals surface area contributed by atoms with Crippen LogP contribution in [0.2, 0.25) is 5.02 Å². The first-order valence-electron chi connectivity index (χ1n) is 8.58. The molecule has 0 bridgehead atoms. The minimum absolute atomic E-state index is 0.225. The number of thiocarbonyl (C=S) groups is 1. The van der Waals surface area contributed by atoms with Crippen LogP contribution in [-0.4, -0.2) is 24.4 Å². The normalized spacial score (nSPS) is 17.3. The van der Waals surface area contributed by atoms with E-state index in [2.05, 4.69) is 16.7 Å². The summed E-state index contributed by atoms with van der Waals surface area (Å²) >= 11 is 11.8. The summed E-state index contributed by atoms with van der Waals surface area (Å²) in [6.45, 7) is 1.52. The average molecular weight is 386 g/mol. The van der Waals surface area contributed by atoms with Crippen LogP contribution in [0, 0.1) is 11.3 Å². The second-order valence-corrected chi connectivity index (χ2v) is 6.99. The molecule has 1 aliphatic heterocycles. The van der Waals surface area contributed by atoms with E-state index in [-0.39, 0.29) is 6.10 Å². The second-order valence-electron chi connectivity index (χ2n) is 6.18. The predicted octanol–water partition coefficient (Wildman–Crippen LogP) is 4.46. The highest BCUT2D eigenvalue weighted by Crippen LogP contribution is 2.31. The monoisotopic (exact) mass is 385 g/mol. The van der Waals surface area contributed by atoms with Crippen molar-refractivity contribution in [3.05, 3.63) is 64.7 Å². The van der Waals surface area contributed by atoms with Gasteiger partial charge in [-0.1, -0.05) is 48.0 Å². The fraction of sp³-hybridized carbons (Fsp3) is 0.300. The molecule has 0 aliphatic carbocycles. The Balaban J connectivity index is 1.65. The number of anilines is 1. The third-order valence-corrected chi connectivity index (χ3v) is 4.92. The van der Waals surface area contributed by atoms with Gasteiger partial charge in [0.25, 0.3) is 0 Å². The zero-order valence-electron chi connectivity index (χ0n) is 14.2. The van der Waals surface area contributed by atoms with Gasteiger partial charge in [-0.15, -0.1) is 0 Å². The summed E-state index contributed by atoms with van der Waals surface area (Å²) in [5, 5.41) is 16.9. The predicted molar refractivity (Wildman–Crippen MR) is 109 cm³/mol. The van der Waals surface area contributed by atoms with E-state index < -0.39 is 5.92 Å². The van der Waals surface area contributed by atoms with Gasteiger partial charge in [0.2, 0.25) is 0 Å². The maximum atomic E-state index is 9.58. The van der Waals surface area contributed by atoms with Gasteiger partial charge in [-0.3, -0.25) is 0 Å². The standard InChI is InChI=1S/C20H20ClN3OS/c21-19-11-15(24-20(26)23-13-16-7-4-10-25-16)8-9-17(19)18(12-22)14-5-2-1-3-6-14/h1-3,5-6,8-9,11,16,18H,4,7,10,13H2,(H2,23,24,26)/t16-,18-/m1/s1. The maximum absolute atomic E-state index is 9.58. The van der Waals surface area contributed by atoms with E-state index in [0.29, 0.717) is 16.7 Å². The van der Waals surface area contributed by atoms with Gasteiger partial charge in [-0.25, -0.2) is 0 Å². The molecule has 6 heteroatoms. The molecular weight excluding hydrogens is 366 g/mol. The van der Waals surface area contributed by atoms with Crippen molar-refractivity contribution >= 4 is 34.6 Å². The third kappa shape index (κ3) is 4.73. The van der Waals surface area contributed by atoms with Crippen molar-refractivity contribution in [1.29, 1.82) is 5.26 Å². The van der Waals surface area contributed by atoms with Gasteiger partial charge in [0.1, 0.15) is 0 Å². The van der Waals surface area contributed by atoms with Gasteiger partial charge in [0.05, 0.1) is 18.1 Å². The first-order valence-corrected chi connectivity index (χ1v) is 9.36. The van der Waals surface area contributed by atoms with E-state index in [0.717, 1.165) is 36.3 Å². The van der Waals surface area contributed by atoms with Gasteiger partial charge in [0.15, 0.2) is 5.11 Å². The molecule has 26 heavy (non-hydrogen) atoms. The van der Waals surface area contributed by atoms with Gasteiger partial charge in [-0.2, -0.15) is 5.26 Å². The first-order chi connectivity index (χ1) is 12.7. The van der Waals surface area contributed by atoms with Crippen LogP contribution in [0.1, 0.15) is 29.9 Å². The number of nitrogens with zero attached hydrogens (tertiary/aromatic N) is 1. The first kappa shape index (κ1) is 18.7. The number of nitriles is 1. The van der Waals surface area contributed by atoms with Gasteiger partial charge in [-0.05, 0) is 48.3 Å². The molecule has 2 aromatic carbocycles. The Kier molecular flexibility index (Phi) is 6.45. The smallest absolute Gasteiger partial charge is 0.170 e. The molecule has 1 fully saturated rings. The van der Waals surface area contributed by atoms with Crippen LogP contribution in [-0.2, 0) is 4.74 Å². The van der Waals surface area contributed by atoms with E-state index in [9.17, 15) is 5.26 Å². The number of nitrogens with one attached hydrogen (secondary N) is 2. The summed E-state index contributed by atoms with van der Waals surface area (Å²) in [6, 6.07) is 17.5. The number of rotatable bonds is 5. The molecule has 1 saturated heterocycles. The SMILES string of the molecule is N#C[C@H](c1ccccc1)c1ccc(NC(=S)NC[C@H]2CCCO2)cc1Cl. The fourth-order valence-corrected chi connectivity index (χ4v) is 3.49. The Labute approximate surface area is 164 Å². The van der Waals surface area contributed by atoms with Crippen molar-refractivity contribution in [2.75, 3.05) is 18.5 Å². The van der Waals surface area contributed by atoms with Gasteiger partial charge in [0, 0.05) is 23.9 Å². The molecule has 0 saturated carbocycles. The molecule has 4 nitrogen and oxygen atoms in total. The van der Waals surface area contributed by atoms with E-state index in [1.165, 1.54) is 0 Å². The van der Waals surface area contributed by atoms with E-state index in [1.807, 2.05) is 42.5 Å². The summed E-state index contributed by atoms with van der Waals surface area (Å²) in [4.78, 5) is 0. The third-order valence-electron chi connectivity index (χ3n) is 4.35. The van der Waals surface area contributed by atoms with Crippen LogP contribution >= 0.6 is 23.8 Å². The van der Waals surface area contributed by atoms with Gasteiger partial charge < -0.3 is 15.4 Å². The summed E-state index contributed by atoms with van der Waals surface area (Å²) in [6.07, 6.45) is 2.39.